The van der Waals surface area contributed by atoms with Gasteiger partial charge < -0.3 is 19.4 Å². The molecule has 1 heterocycles. The number of aliphatic hydroxyl groups is 1. The second-order valence-electron chi connectivity index (χ2n) is 3.59. The van der Waals surface area contributed by atoms with Gasteiger partial charge in [-0.3, -0.25) is 0 Å². The van der Waals surface area contributed by atoms with E-state index >= 15 is 0 Å². The lowest BCUT2D eigenvalue weighted by Gasteiger charge is -2.06. The lowest BCUT2D eigenvalue weighted by atomic mass is 10.1. The molecule has 2 N–H and O–H groups in total. The number of carboxylic acids is 1. The van der Waals surface area contributed by atoms with Crippen molar-refractivity contribution in [2.45, 2.75) is 6.61 Å². The molecule has 0 aliphatic rings. The van der Waals surface area contributed by atoms with Crippen LogP contribution in [0.2, 0.25) is 0 Å². The number of aliphatic carboxylic acids is 1. The summed E-state index contributed by atoms with van der Waals surface area (Å²) in [5, 5.41) is 18.2. The summed E-state index contributed by atoms with van der Waals surface area (Å²) in [6.07, 6.45) is 0. The highest BCUT2D eigenvalue weighted by atomic mass is 16.5. The Morgan fingerprint density at radius 1 is 1.33 bits per heavy atom. The molecule has 0 spiro atoms. The van der Waals surface area contributed by atoms with Gasteiger partial charge in [0.15, 0.2) is 6.61 Å². The molecule has 2 aromatic rings. The SMILES string of the molecule is O=C(O)COc1ccc2c(CO)cc(=O)oc2c1. The van der Waals surface area contributed by atoms with Crippen LogP contribution in [0.5, 0.6) is 5.75 Å². The fourth-order valence-corrected chi connectivity index (χ4v) is 1.58. The van der Waals surface area contributed by atoms with Crippen LogP contribution in [0, 0.1) is 0 Å². The Morgan fingerprint density at radius 3 is 2.78 bits per heavy atom. The molecule has 0 amide bonds. The van der Waals surface area contributed by atoms with Gasteiger partial charge in [0.2, 0.25) is 0 Å². The van der Waals surface area contributed by atoms with E-state index in [1.165, 1.54) is 12.1 Å². The van der Waals surface area contributed by atoms with Crippen LogP contribution in [0.25, 0.3) is 11.0 Å². The quantitative estimate of drug-likeness (QED) is 0.777. The molecule has 0 atom stereocenters. The number of hydrogen-bond acceptors (Lipinski definition) is 5. The fourth-order valence-electron chi connectivity index (χ4n) is 1.58. The van der Waals surface area contributed by atoms with E-state index in [0.717, 1.165) is 0 Å². The van der Waals surface area contributed by atoms with Gasteiger partial charge >= 0.3 is 11.6 Å². The molecule has 6 heteroatoms. The largest absolute Gasteiger partial charge is 0.482 e. The van der Waals surface area contributed by atoms with Gasteiger partial charge in [0.1, 0.15) is 11.3 Å². The summed E-state index contributed by atoms with van der Waals surface area (Å²) >= 11 is 0. The zero-order valence-corrected chi connectivity index (χ0v) is 9.25. The number of carboxylic acid groups (broad SMARTS) is 1. The minimum atomic E-state index is -1.10. The molecule has 0 saturated carbocycles. The topological polar surface area (TPSA) is 97.0 Å². The number of carbonyl (C=O) groups is 1. The molecule has 0 saturated heterocycles. The maximum Gasteiger partial charge on any atom is 0.341 e. The number of hydrogen-bond donors (Lipinski definition) is 2. The smallest absolute Gasteiger partial charge is 0.341 e. The Labute approximate surface area is 101 Å². The van der Waals surface area contributed by atoms with Crippen molar-refractivity contribution in [2.24, 2.45) is 0 Å². The first-order valence-corrected chi connectivity index (χ1v) is 5.12. The molecule has 1 aromatic heterocycles. The summed E-state index contributed by atoms with van der Waals surface area (Å²) in [4.78, 5) is 21.6. The number of benzene rings is 1. The third-order valence-corrected chi connectivity index (χ3v) is 2.33. The first-order valence-electron chi connectivity index (χ1n) is 5.12. The maximum atomic E-state index is 11.2. The van der Waals surface area contributed by atoms with E-state index in [0.29, 0.717) is 10.9 Å². The number of rotatable bonds is 4. The minimum absolute atomic E-state index is 0.245. The molecule has 0 aliphatic carbocycles. The van der Waals surface area contributed by atoms with Crippen LogP contribution in [0.1, 0.15) is 5.56 Å². The van der Waals surface area contributed by atoms with Gasteiger partial charge in [-0.15, -0.1) is 0 Å². The minimum Gasteiger partial charge on any atom is -0.482 e. The van der Waals surface area contributed by atoms with Crippen LogP contribution in [-0.2, 0) is 11.4 Å². The summed E-state index contributed by atoms with van der Waals surface area (Å²) < 4.78 is 9.92. The lowest BCUT2D eigenvalue weighted by molar-refractivity contribution is -0.139. The Hall–Kier alpha value is -2.34. The van der Waals surface area contributed by atoms with Crippen molar-refractivity contribution in [1.29, 1.82) is 0 Å². The van der Waals surface area contributed by atoms with E-state index in [1.54, 1.807) is 12.1 Å². The molecule has 6 nitrogen and oxygen atoms in total. The molecule has 1 aromatic carbocycles. The molecule has 0 fully saturated rings. The average molecular weight is 250 g/mol. The summed E-state index contributed by atoms with van der Waals surface area (Å²) in [6, 6.07) is 5.77. The Kier molecular flexibility index (Phi) is 3.29. The van der Waals surface area contributed by atoms with Gasteiger partial charge in [-0.1, -0.05) is 0 Å². The summed E-state index contributed by atoms with van der Waals surface area (Å²) in [5.74, 6) is -0.816. The predicted octanol–water partition coefficient (Wildman–Crippen LogP) is 0.749. The van der Waals surface area contributed by atoms with Gasteiger partial charge in [-0.25, -0.2) is 9.59 Å². The fraction of sp³-hybridized carbons (Fsp3) is 0.167. The molecule has 0 bridgehead atoms. The van der Waals surface area contributed by atoms with E-state index in [4.69, 9.17) is 19.4 Å². The van der Waals surface area contributed by atoms with Gasteiger partial charge in [-0.05, 0) is 17.7 Å². The van der Waals surface area contributed by atoms with Crippen molar-refractivity contribution in [3.05, 3.63) is 40.2 Å². The van der Waals surface area contributed by atoms with Crippen LogP contribution in [-0.4, -0.2) is 22.8 Å². The van der Waals surface area contributed by atoms with E-state index < -0.39 is 18.2 Å². The standard InChI is InChI=1S/C12H10O6/c13-5-7-3-12(16)18-10-4-8(1-2-9(7)10)17-6-11(14)15/h1-4,13H,5-6H2,(H,14,15). The van der Waals surface area contributed by atoms with Crippen LogP contribution >= 0.6 is 0 Å². The number of fused-ring (bicyclic) bond motifs is 1. The molecule has 2 rings (SSSR count). The van der Waals surface area contributed by atoms with Crippen molar-refractivity contribution in [2.75, 3.05) is 6.61 Å². The lowest BCUT2D eigenvalue weighted by Crippen LogP contribution is -2.09. The zero-order valence-electron chi connectivity index (χ0n) is 9.25. The van der Waals surface area contributed by atoms with Gasteiger partial charge in [0.05, 0.1) is 6.61 Å². The second kappa shape index (κ2) is 4.89. The third-order valence-electron chi connectivity index (χ3n) is 2.33. The Morgan fingerprint density at radius 2 is 2.11 bits per heavy atom. The van der Waals surface area contributed by atoms with Crippen LogP contribution in [0.3, 0.4) is 0 Å². The molecule has 18 heavy (non-hydrogen) atoms. The summed E-state index contributed by atoms with van der Waals surface area (Å²) in [7, 11) is 0. The molecule has 0 aliphatic heterocycles. The normalized spacial score (nSPS) is 10.5. The van der Waals surface area contributed by atoms with Crippen LogP contribution in [0.4, 0.5) is 0 Å². The monoisotopic (exact) mass is 250 g/mol. The predicted molar refractivity (Wildman–Crippen MR) is 61.5 cm³/mol. The highest BCUT2D eigenvalue weighted by Gasteiger charge is 2.07. The zero-order chi connectivity index (χ0) is 13.1. The van der Waals surface area contributed by atoms with Crippen LogP contribution < -0.4 is 10.4 Å². The molecular weight excluding hydrogens is 240 g/mol. The number of aliphatic hydroxyl groups excluding tert-OH is 1. The molecule has 0 radical (unpaired) electrons. The molecule has 0 unspecified atom stereocenters. The highest BCUT2D eigenvalue weighted by molar-refractivity contribution is 5.81. The molecular formula is C12H10O6. The first-order chi connectivity index (χ1) is 8.60. The average Bonchev–Trinajstić information content (AvgIpc) is 2.34. The van der Waals surface area contributed by atoms with Crippen molar-refractivity contribution in [1.82, 2.24) is 0 Å². The first kappa shape index (κ1) is 12.1. The third kappa shape index (κ3) is 2.49. The van der Waals surface area contributed by atoms with Gasteiger partial charge in [-0.2, -0.15) is 0 Å². The Bertz CT molecular complexity index is 643. The van der Waals surface area contributed by atoms with Crippen molar-refractivity contribution in [3.8, 4) is 5.75 Å². The Balaban J connectivity index is 2.45. The van der Waals surface area contributed by atoms with E-state index in [9.17, 15) is 9.59 Å². The maximum absolute atomic E-state index is 11.2. The number of ether oxygens (including phenoxy) is 1. The summed E-state index contributed by atoms with van der Waals surface area (Å²) in [5.41, 5.74) is 0.113. The second-order valence-corrected chi connectivity index (χ2v) is 3.59. The van der Waals surface area contributed by atoms with Gasteiger partial charge in [0.25, 0.3) is 0 Å². The van der Waals surface area contributed by atoms with Crippen molar-refractivity contribution < 1.29 is 24.2 Å². The molecule has 94 valence electrons. The van der Waals surface area contributed by atoms with E-state index in [2.05, 4.69) is 0 Å². The van der Waals surface area contributed by atoms with Crippen molar-refractivity contribution >= 4 is 16.9 Å². The van der Waals surface area contributed by atoms with E-state index in [1.807, 2.05) is 0 Å². The van der Waals surface area contributed by atoms with Crippen molar-refractivity contribution in [3.63, 3.8) is 0 Å². The highest BCUT2D eigenvalue weighted by Crippen LogP contribution is 2.22. The van der Waals surface area contributed by atoms with E-state index in [-0.39, 0.29) is 17.9 Å². The van der Waals surface area contributed by atoms with Gasteiger partial charge in [0, 0.05) is 17.5 Å². The summed E-state index contributed by atoms with van der Waals surface area (Å²) in [6.45, 7) is -0.757. The van der Waals surface area contributed by atoms with Crippen LogP contribution in [0.15, 0.2) is 33.5 Å².